The third-order valence-electron chi connectivity index (χ3n) is 0.465. The molecule has 0 aliphatic heterocycles. The molecule has 0 saturated carbocycles. The molecule has 0 atom stereocenters. The maximum absolute atomic E-state index is 9.56. The summed E-state index contributed by atoms with van der Waals surface area (Å²) in [7, 11) is -3.66. The predicted molar refractivity (Wildman–Crippen MR) is 36.3 cm³/mol. The molecule has 0 aromatic rings. The van der Waals surface area contributed by atoms with E-state index in [-0.39, 0.29) is 19.0 Å². The lowest BCUT2D eigenvalue weighted by molar-refractivity contribution is 0.186. The largest absolute Gasteiger partial charge is 0.394 e. The lowest BCUT2D eigenvalue weighted by Crippen LogP contribution is -1.97. The fourth-order valence-electron chi connectivity index (χ4n) is 0. The van der Waals surface area contributed by atoms with Gasteiger partial charge in [0.15, 0.2) is 0 Å². The van der Waals surface area contributed by atoms with Gasteiger partial charge in [-0.05, 0) is 6.92 Å². The standard InChI is InChI=1S/C2H6O3S.C2H6O2/c1-2-6(3,4)5;3-1-2-4/h2H2,1H3,(H,3,4,5);3-4H,1-2H2. The van der Waals surface area contributed by atoms with E-state index in [2.05, 4.69) is 0 Å². The van der Waals surface area contributed by atoms with Crippen molar-refractivity contribution in [3.63, 3.8) is 0 Å². The molecule has 0 aliphatic carbocycles. The lowest BCUT2D eigenvalue weighted by atomic mass is 10.8. The highest BCUT2D eigenvalue weighted by molar-refractivity contribution is 7.85. The summed E-state index contributed by atoms with van der Waals surface area (Å²) in [4.78, 5) is 0. The van der Waals surface area contributed by atoms with E-state index < -0.39 is 10.1 Å². The molecule has 64 valence electrons. The number of hydrogen-bond acceptors (Lipinski definition) is 4. The van der Waals surface area contributed by atoms with E-state index in [9.17, 15) is 8.42 Å². The van der Waals surface area contributed by atoms with Crippen molar-refractivity contribution in [2.24, 2.45) is 0 Å². The first-order valence-corrected chi connectivity index (χ1v) is 4.25. The van der Waals surface area contributed by atoms with Crippen molar-refractivity contribution in [2.45, 2.75) is 6.92 Å². The van der Waals surface area contributed by atoms with Crippen LogP contribution in [0.3, 0.4) is 0 Å². The van der Waals surface area contributed by atoms with Crippen molar-refractivity contribution in [2.75, 3.05) is 19.0 Å². The Balaban J connectivity index is 0. The molecule has 0 rings (SSSR count). The Kier molecular flexibility index (Phi) is 8.68. The highest BCUT2D eigenvalue weighted by atomic mass is 32.2. The maximum atomic E-state index is 9.56. The Morgan fingerprint density at radius 2 is 1.40 bits per heavy atom. The quantitative estimate of drug-likeness (QED) is 0.458. The second-order valence-corrected chi connectivity index (χ2v) is 3.06. The molecule has 0 bridgehead atoms. The number of rotatable bonds is 2. The van der Waals surface area contributed by atoms with Crippen LogP contribution in [-0.4, -0.2) is 42.2 Å². The smallest absolute Gasteiger partial charge is 0.264 e. The predicted octanol–water partition coefficient (Wildman–Crippen LogP) is -1.13. The zero-order chi connectivity index (χ0) is 8.62. The average Bonchev–Trinajstić information content (AvgIpc) is 1.87. The van der Waals surface area contributed by atoms with Gasteiger partial charge in [0.25, 0.3) is 10.1 Å². The van der Waals surface area contributed by atoms with Crippen LogP contribution < -0.4 is 0 Å². The molecule has 0 aliphatic rings. The van der Waals surface area contributed by atoms with Crippen LogP contribution in [0.2, 0.25) is 0 Å². The van der Waals surface area contributed by atoms with Crippen LogP contribution in [0.1, 0.15) is 6.92 Å². The lowest BCUT2D eigenvalue weighted by Gasteiger charge is -1.79. The van der Waals surface area contributed by atoms with Gasteiger partial charge in [0.05, 0.1) is 19.0 Å². The second-order valence-electron chi connectivity index (χ2n) is 1.32. The topological polar surface area (TPSA) is 94.8 Å². The Morgan fingerprint density at radius 1 is 1.20 bits per heavy atom. The van der Waals surface area contributed by atoms with Crippen molar-refractivity contribution in [3.8, 4) is 0 Å². The van der Waals surface area contributed by atoms with Gasteiger partial charge >= 0.3 is 0 Å². The number of aliphatic hydroxyl groups is 2. The first-order valence-electron chi connectivity index (χ1n) is 2.64. The molecule has 0 fully saturated rings. The summed E-state index contributed by atoms with van der Waals surface area (Å²) in [5, 5.41) is 15.2. The van der Waals surface area contributed by atoms with E-state index in [0.717, 1.165) is 0 Å². The van der Waals surface area contributed by atoms with E-state index in [1.54, 1.807) is 0 Å². The Labute approximate surface area is 60.1 Å². The van der Waals surface area contributed by atoms with Crippen molar-refractivity contribution in [3.05, 3.63) is 0 Å². The van der Waals surface area contributed by atoms with Gasteiger partial charge in [-0.2, -0.15) is 8.42 Å². The van der Waals surface area contributed by atoms with Gasteiger partial charge in [-0.15, -0.1) is 0 Å². The summed E-state index contributed by atoms with van der Waals surface area (Å²) in [5.74, 6) is -0.201. The van der Waals surface area contributed by atoms with Gasteiger partial charge < -0.3 is 10.2 Å². The Bertz CT molecular complexity index is 136. The van der Waals surface area contributed by atoms with E-state index in [4.69, 9.17) is 14.8 Å². The summed E-state index contributed by atoms with van der Waals surface area (Å²) in [6, 6.07) is 0. The van der Waals surface area contributed by atoms with E-state index in [0.29, 0.717) is 0 Å². The minimum atomic E-state index is -3.66. The summed E-state index contributed by atoms with van der Waals surface area (Å²) in [6.07, 6.45) is 0. The maximum Gasteiger partial charge on any atom is 0.264 e. The van der Waals surface area contributed by atoms with Crippen molar-refractivity contribution >= 4 is 10.1 Å². The van der Waals surface area contributed by atoms with Crippen LogP contribution in [0.15, 0.2) is 0 Å². The monoisotopic (exact) mass is 172 g/mol. The normalized spacial score (nSPS) is 10.0. The van der Waals surface area contributed by atoms with Crippen LogP contribution in [-0.2, 0) is 10.1 Å². The highest BCUT2D eigenvalue weighted by Crippen LogP contribution is 1.74. The highest BCUT2D eigenvalue weighted by Gasteiger charge is 1.93. The van der Waals surface area contributed by atoms with Gasteiger partial charge in [0.1, 0.15) is 0 Å². The summed E-state index contributed by atoms with van der Waals surface area (Å²) in [5.41, 5.74) is 0. The fraction of sp³-hybridized carbons (Fsp3) is 1.00. The molecule has 5 nitrogen and oxygen atoms in total. The van der Waals surface area contributed by atoms with Gasteiger partial charge in [-0.1, -0.05) is 0 Å². The molecule has 0 unspecified atom stereocenters. The summed E-state index contributed by atoms with van der Waals surface area (Å²) >= 11 is 0. The Morgan fingerprint density at radius 3 is 1.40 bits per heavy atom. The van der Waals surface area contributed by atoms with Crippen molar-refractivity contribution < 1.29 is 23.2 Å². The third kappa shape index (κ3) is 24.9. The average molecular weight is 172 g/mol. The molecule has 0 radical (unpaired) electrons. The molecule has 3 N–H and O–H groups in total. The minimum Gasteiger partial charge on any atom is -0.394 e. The molecular weight excluding hydrogens is 160 g/mol. The minimum absolute atomic E-state index is 0.125. The first kappa shape index (κ1) is 12.5. The van der Waals surface area contributed by atoms with Crippen molar-refractivity contribution in [1.29, 1.82) is 0 Å². The molecular formula is C4H12O5S. The van der Waals surface area contributed by atoms with E-state index in [1.807, 2.05) is 0 Å². The Hall–Kier alpha value is -0.170. The zero-order valence-electron chi connectivity index (χ0n) is 5.69. The van der Waals surface area contributed by atoms with Gasteiger partial charge in [0.2, 0.25) is 0 Å². The molecule has 0 amide bonds. The van der Waals surface area contributed by atoms with Crippen LogP contribution in [0, 0.1) is 0 Å². The first-order chi connectivity index (χ1) is 4.47. The van der Waals surface area contributed by atoms with Crippen LogP contribution in [0.5, 0.6) is 0 Å². The molecule has 0 saturated heterocycles. The molecule has 0 heterocycles. The summed E-state index contributed by atoms with van der Waals surface area (Å²) < 4.78 is 26.9. The fourth-order valence-corrected chi connectivity index (χ4v) is 0. The zero-order valence-corrected chi connectivity index (χ0v) is 6.50. The number of hydrogen-bond donors (Lipinski definition) is 3. The molecule has 0 aromatic carbocycles. The van der Waals surface area contributed by atoms with Gasteiger partial charge in [-0.25, -0.2) is 0 Å². The SMILES string of the molecule is CCS(=O)(=O)O.OCCO. The van der Waals surface area contributed by atoms with Crippen LogP contribution in [0.4, 0.5) is 0 Å². The molecule has 10 heavy (non-hydrogen) atoms. The van der Waals surface area contributed by atoms with Gasteiger partial charge in [-0.3, -0.25) is 4.55 Å². The summed E-state index contributed by atoms with van der Waals surface area (Å²) in [6.45, 7) is 1.12. The third-order valence-corrected chi connectivity index (χ3v) is 1.19. The molecule has 0 aromatic heterocycles. The van der Waals surface area contributed by atoms with Crippen molar-refractivity contribution in [1.82, 2.24) is 0 Å². The molecule has 6 heteroatoms. The van der Waals surface area contributed by atoms with E-state index in [1.165, 1.54) is 6.92 Å². The van der Waals surface area contributed by atoms with Crippen LogP contribution in [0.25, 0.3) is 0 Å². The number of aliphatic hydroxyl groups excluding tert-OH is 2. The van der Waals surface area contributed by atoms with Crippen LogP contribution >= 0.6 is 0 Å². The second kappa shape index (κ2) is 6.94. The molecule has 0 spiro atoms. The van der Waals surface area contributed by atoms with E-state index >= 15 is 0 Å². The van der Waals surface area contributed by atoms with Gasteiger partial charge in [0, 0.05) is 0 Å².